The van der Waals surface area contributed by atoms with Gasteiger partial charge in [-0.05, 0) is 29.8 Å². The highest BCUT2D eigenvalue weighted by atomic mass is 19.1. The molecule has 3 aromatic rings. The molecule has 6 nitrogen and oxygen atoms in total. The van der Waals surface area contributed by atoms with Gasteiger partial charge in [0.15, 0.2) is 0 Å². The zero-order chi connectivity index (χ0) is 22.0. The molecule has 0 atom stereocenters. The molecule has 0 fully saturated rings. The minimum Gasteiger partial charge on any atom is -0.497 e. The fourth-order valence-corrected chi connectivity index (χ4v) is 3.35. The second kappa shape index (κ2) is 8.31. The van der Waals surface area contributed by atoms with E-state index >= 15 is 0 Å². The van der Waals surface area contributed by atoms with Crippen molar-refractivity contribution in [2.24, 2.45) is 0 Å². The molecule has 0 aromatic heterocycles. The van der Waals surface area contributed by atoms with E-state index in [2.05, 4.69) is 5.32 Å². The number of carbonyl (C=O) groups is 2. The van der Waals surface area contributed by atoms with E-state index in [0.29, 0.717) is 28.4 Å². The van der Waals surface area contributed by atoms with E-state index in [0.717, 1.165) is 4.90 Å². The van der Waals surface area contributed by atoms with Crippen LogP contribution in [-0.2, 0) is 9.59 Å². The van der Waals surface area contributed by atoms with Gasteiger partial charge in [-0.1, -0.05) is 30.3 Å². The van der Waals surface area contributed by atoms with Crippen LogP contribution in [0.1, 0.15) is 5.56 Å². The van der Waals surface area contributed by atoms with E-state index < -0.39 is 17.6 Å². The standard InChI is InChI=1S/C24H19FN2O4/c1-30-19-12-18(13-20(14-19)31-2)27-23(28)21(15-6-4-3-5-7-15)22(24(27)29)26-17-10-8-16(25)9-11-17/h3-14,26H,1-2H3. The van der Waals surface area contributed by atoms with Crippen molar-refractivity contribution in [1.82, 2.24) is 0 Å². The molecule has 2 amide bonds. The van der Waals surface area contributed by atoms with Gasteiger partial charge in [-0.3, -0.25) is 9.59 Å². The molecule has 156 valence electrons. The number of rotatable bonds is 6. The first kappa shape index (κ1) is 20.2. The van der Waals surface area contributed by atoms with Crippen molar-refractivity contribution in [1.29, 1.82) is 0 Å². The fourth-order valence-electron chi connectivity index (χ4n) is 3.35. The molecule has 1 aliphatic rings. The Labute approximate surface area is 178 Å². The van der Waals surface area contributed by atoms with Crippen molar-refractivity contribution in [2.45, 2.75) is 0 Å². The molecule has 0 saturated carbocycles. The molecular weight excluding hydrogens is 399 g/mol. The summed E-state index contributed by atoms with van der Waals surface area (Å²) in [6.07, 6.45) is 0. The number of benzene rings is 3. The average molecular weight is 418 g/mol. The Balaban J connectivity index is 1.82. The minimum absolute atomic E-state index is 0.101. The first-order valence-electron chi connectivity index (χ1n) is 9.46. The monoisotopic (exact) mass is 418 g/mol. The number of hydrogen-bond donors (Lipinski definition) is 1. The summed E-state index contributed by atoms with van der Waals surface area (Å²) < 4.78 is 23.9. The van der Waals surface area contributed by atoms with Gasteiger partial charge in [-0.15, -0.1) is 0 Å². The highest BCUT2D eigenvalue weighted by molar-refractivity contribution is 6.46. The largest absolute Gasteiger partial charge is 0.497 e. The number of imide groups is 1. The van der Waals surface area contributed by atoms with Crippen LogP contribution in [0.3, 0.4) is 0 Å². The van der Waals surface area contributed by atoms with Gasteiger partial charge in [-0.25, -0.2) is 9.29 Å². The molecule has 1 N–H and O–H groups in total. The van der Waals surface area contributed by atoms with E-state index in [9.17, 15) is 14.0 Å². The predicted molar refractivity (Wildman–Crippen MR) is 115 cm³/mol. The Kier molecular flexibility index (Phi) is 5.41. The number of halogens is 1. The number of anilines is 2. The molecule has 4 rings (SSSR count). The molecular formula is C24H19FN2O4. The van der Waals surface area contributed by atoms with Crippen LogP contribution in [0.25, 0.3) is 5.57 Å². The number of nitrogens with one attached hydrogen (secondary N) is 1. The zero-order valence-electron chi connectivity index (χ0n) is 16.9. The molecule has 0 aliphatic carbocycles. The van der Waals surface area contributed by atoms with Gasteiger partial charge in [0, 0.05) is 23.9 Å². The molecule has 1 aliphatic heterocycles. The molecule has 31 heavy (non-hydrogen) atoms. The molecule has 7 heteroatoms. The summed E-state index contributed by atoms with van der Waals surface area (Å²) in [5.74, 6) is -0.548. The average Bonchev–Trinajstić information content (AvgIpc) is 3.04. The Hall–Kier alpha value is -4.13. The van der Waals surface area contributed by atoms with E-state index in [1.54, 1.807) is 42.5 Å². The van der Waals surface area contributed by atoms with Crippen molar-refractivity contribution in [2.75, 3.05) is 24.4 Å². The third-order valence-electron chi connectivity index (χ3n) is 4.85. The molecule has 3 aromatic carbocycles. The number of nitrogens with zero attached hydrogens (tertiary/aromatic N) is 1. The van der Waals surface area contributed by atoms with Crippen molar-refractivity contribution < 1.29 is 23.5 Å². The van der Waals surface area contributed by atoms with Crippen molar-refractivity contribution in [3.63, 3.8) is 0 Å². The summed E-state index contributed by atoms with van der Waals surface area (Å²) >= 11 is 0. The van der Waals surface area contributed by atoms with Crippen molar-refractivity contribution in [3.05, 3.63) is 89.9 Å². The summed E-state index contributed by atoms with van der Waals surface area (Å²) in [5, 5.41) is 2.99. The molecule has 0 spiro atoms. The number of amides is 2. The number of ether oxygens (including phenoxy) is 2. The van der Waals surface area contributed by atoms with Crippen LogP contribution in [0, 0.1) is 5.82 Å². The normalized spacial score (nSPS) is 13.6. The van der Waals surface area contributed by atoms with Crippen LogP contribution in [-0.4, -0.2) is 26.0 Å². The van der Waals surface area contributed by atoms with E-state index in [4.69, 9.17) is 9.47 Å². The lowest BCUT2D eigenvalue weighted by atomic mass is 10.0. The van der Waals surface area contributed by atoms with Gasteiger partial charge in [0.05, 0.1) is 25.5 Å². The second-order valence-corrected chi connectivity index (χ2v) is 6.76. The third-order valence-corrected chi connectivity index (χ3v) is 4.85. The summed E-state index contributed by atoms with van der Waals surface area (Å²) in [5.41, 5.74) is 1.70. The zero-order valence-corrected chi connectivity index (χ0v) is 16.9. The molecule has 0 bridgehead atoms. The van der Waals surface area contributed by atoms with Crippen molar-refractivity contribution in [3.8, 4) is 11.5 Å². The van der Waals surface area contributed by atoms with Crippen LogP contribution < -0.4 is 19.7 Å². The Bertz CT molecular complexity index is 1150. The van der Waals surface area contributed by atoms with Crippen LogP contribution in [0.4, 0.5) is 15.8 Å². The Morgan fingerprint density at radius 2 is 1.42 bits per heavy atom. The predicted octanol–water partition coefficient (Wildman–Crippen LogP) is 4.24. The lowest BCUT2D eigenvalue weighted by Crippen LogP contribution is -2.32. The fraction of sp³-hybridized carbons (Fsp3) is 0.0833. The first-order valence-corrected chi connectivity index (χ1v) is 9.46. The highest BCUT2D eigenvalue weighted by Crippen LogP contribution is 2.36. The van der Waals surface area contributed by atoms with Crippen LogP contribution in [0.5, 0.6) is 11.5 Å². The lowest BCUT2D eigenvalue weighted by Gasteiger charge is -2.17. The van der Waals surface area contributed by atoms with Gasteiger partial charge >= 0.3 is 0 Å². The van der Waals surface area contributed by atoms with E-state index in [1.165, 1.54) is 38.5 Å². The topological polar surface area (TPSA) is 67.9 Å². The van der Waals surface area contributed by atoms with Crippen LogP contribution in [0.2, 0.25) is 0 Å². The maximum absolute atomic E-state index is 13.4. The maximum Gasteiger partial charge on any atom is 0.282 e. The number of carbonyl (C=O) groups excluding carboxylic acids is 2. The number of hydrogen-bond acceptors (Lipinski definition) is 5. The summed E-state index contributed by atoms with van der Waals surface area (Å²) in [6.45, 7) is 0. The quantitative estimate of drug-likeness (QED) is 0.607. The SMILES string of the molecule is COc1cc(OC)cc(N2C(=O)C(Nc3ccc(F)cc3)=C(c3ccccc3)C2=O)c1. The second-order valence-electron chi connectivity index (χ2n) is 6.76. The van der Waals surface area contributed by atoms with Gasteiger partial charge in [0.1, 0.15) is 23.0 Å². The highest BCUT2D eigenvalue weighted by Gasteiger charge is 2.40. The van der Waals surface area contributed by atoms with Crippen LogP contribution in [0.15, 0.2) is 78.5 Å². The maximum atomic E-state index is 13.4. The van der Waals surface area contributed by atoms with E-state index in [-0.39, 0.29) is 11.3 Å². The summed E-state index contributed by atoms with van der Waals surface area (Å²) in [7, 11) is 2.97. The van der Waals surface area contributed by atoms with Gasteiger partial charge in [0.25, 0.3) is 11.8 Å². The minimum atomic E-state index is -0.538. The van der Waals surface area contributed by atoms with Crippen LogP contribution >= 0.6 is 0 Å². The molecule has 0 radical (unpaired) electrons. The first-order chi connectivity index (χ1) is 15.0. The van der Waals surface area contributed by atoms with Crippen molar-refractivity contribution >= 4 is 28.8 Å². The van der Waals surface area contributed by atoms with Gasteiger partial charge < -0.3 is 14.8 Å². The Morgan fingerprint density at radius 1 is 0.806 bits per heavy atom. The molecule has 0 saturated heterocycles. The van der Waals surface area contributed by atoms with E-state index in [1.807, 2.05) is 6.07 Å². The van der Waals surface area contributed by atoms with Gasteiger partial charge in [0.2, 0.25) is 0 Å². The number of methoxy groups -OCH3 is 2. The molecule has 1 heterocycles. The van der Waals surface area contributed by atoms with Gasteiger partial charge in [-0.2, -0.15) is 0 Å². The Morgan fingerprint density at radius 3 is 2.00 bits per heavy atom. The molecule has 0 unspecified atom stereocenters. The lowest BCUT2D eigenvalue weighted by molar-refractivity contribution is -0.120. The summed E-state index contributed by atoms with van der Waals surface area (Å²) in [6, 6.07) is 19.3. The smallest absolute Gasteiger partial charge is 0.282 e. The summed E-state index contributed by atoms with van der Waals surface area (Å²) in [4.78, 5) is 27.9. The third kappa shape index (κ3) is 3.85.